The Kier molecular flexibility index (Phi) is 4.71. The second kappa shape index (κ2) is 7.00. The predicted octanol–water partition coefficient (Wildman–Crippen LogP) is 3.85. The van der Waals surface area contributed by atoms with Crippen LogP contribution in [0.15, 0.2) is 29.2 Å². The van der Waals surface area contributed by atoms with Crippen LogP contribution in [0.25, 0.3) is 16.9 Å². The van der Waals surface area contributed by atoms with Crippen molar-refractivity contribution >= 4 is 11.4 Å². The topological polar surface area (TPSA) is 79.3 Å². The number of benzene rings is 1. The molecule has 1 fully saturated rings. The Morgan fingerprint density at radius 1 is 1.27 bits per heavy atom. The summed E-state index contributed by atoms with van der Waals surface area (Å²) in [6.07, 6.45) is -2.04. The molecule has 0 aliphatic heterocycles. The Labute approximate surface area is 170 Å². The van der Waals surface area contributed by atoms with E-state index in [2.05, 4.69) is 15.4 Å². The number of nitrogens with zero attached hydrogens (tertiary/aromatic N) is 2. The fraction of sp³-hybridized carbons (Fsp3) is 0.381. The van der Waals surface area contributed by atoms with Crippen LogP contribution in [-0.4, -0.2) is 26.5 Å². The first-order chi connectivity index (χ1) is 14.1. The van der Waals surface area contributed by atoms with Crippen LogP contribution in [-0.2, 0) is 6.18 Å². The summed E-state index contributed by atoms with van der Waals surface area (Å²) in [5.41, 5.74) is -0.986. The number of carbonyl (C=O) groups is 1. The number of H-pyrrole nitrogens is 1. The maximum atomic E-state index is 13.8. The number of rotatable bonds is 4. The van der Waals surface area contributed by atoms with Gasteiger partial charge in [-0.2, -0.15) is 13.2 Å². The molecule has 0 spiro atoms. The number of aromatic nitrogens is 3. The molecule has 30 heavy (non-hydrogen) atoms. The Hall–Kier alpha value is -3.10. The first-order valence-corrected chi connectivity index (χ1v) is 9.67. The van der Waals surface area contributed by atoms with Crippen LogP contribution in [0.4, 0.5) is 13.2 Å². The fourth-order valence-electron chi connectivity index (χ4n) is 3.57. The molecule has 1 aromatic carbocycles. The molecule has 2 N–H and O–H groups in total. The predicted molar refractivity (Wildman–Crippen MR) is 105 cm³/mol. The molecule has 9 heteroatoms. The minimum atomic E-state index is -4.89. The molecule has 2 heterocycles. The zero-order valence-corrected chi connectivity index (χ0v) is 16.7. The molecule has 1 amide bonds. The van der Waals surface area contributed by atoms with E-state index < -0.39 is 34.3 Å². The van der Waals surface area contributed by atoms with E-state index >= 15 is 0 Å². The molecule has 1 aliphatic carbocycles. The smallest absolute Gasteiger partial charge is 0.349 e. The maximum Gasteiger partial charge on any atom is 0.419 e. The lowest BCUT2D eigenvalue weighted by Crippen LogP contribution is -2.34. The van der Waals surface area contributed by atoms with E-state index in [1.54, 1.807) is 19.1 Å². The van der Waals surface area contributed by atoms with Crippen molar-refractivity contribution in [2.45, 2.75) is 45.8 Å². The van der Waals surface area contributed by atoms with Gasteiger partial charge in [0.2, 0.25) is 0 Å². The molecule has 1 aliphatic rings. The molecule has 6 nitrogen and oxygen atoms in total. The normalized spacial score (nSPS) is 15.4. The molecule has 0 radical (unpaired) electrons. The zero-order valence-electron chi connectivity index (χ0n) is 16.7. The highest BCUT2D eigenvalue weighted by molar-refractivity contribution is 5.98. The zero-order chi connectivity index (χ0) is 21.8. The van der Waals surface area contributed by atoms with Gasteiger partial charge in [-0.25, -0.2) is 4.52 Å². The van der Waals surface area contributed by atoms with Gasteiger partial charge >= 0.3 is 6.18 Å². The summed E-state index contributed by atoms with van der Waals surface area (Å²) in [5.74, 6) is -0.463. The summed E-state index contributed by atoms with van der Waals surface area (Å²) in [7, 11) is 0. The van der Waals surface area contributed by atoms with E-state index in [1.165, 1.54) is 0 Å². The van der Waals surface area contributed by atoms with Gasteiger partial charge in [0, 0.05) is 17.8 Å². The van der Waals surface area contributed by atoms with Crippen LogP contribution in [0.3, 0.4) is 0 Å². The lowest BCUT2D eigenvalue weighted by molar-refractivity contribution is -0.136. The number of hydrogen-bond donors (Lipinski definition) is 2. The summed E-state index contributed by atoms with van der Waals surface area (Å²) >= 11 is 0. The summed E-state index contributed by atoms with van der Waals surface area (Å²) < 4.78 is 42.3. The molecule has 3 aromatic rings. The van der Waals surface area contributed by atoms with Gasteiger partial charge in [-0.15, -0.1) is 5.10 Å². The van der Waals surface area contributed by atoms with Crippen LogP contribution in [0.1, 0.15) is 46.8 Å². The summed E-state index contributed by atoms with van der Waals surface area (Å²) in [4.78, 5) is 27.7. The number of halogens is 3. The molecular weight excluding hydrogens is 397 g/mol. The summed E-state index contributed by atoms with van der Waals surface area (Å²) in [6.45, 7) is 5.57. The highest BCUT2D eigenvalue weighted by Crippen LogP contribution is 2.36. The average Bonchev–Trinajstić information content (AvgIpc) is 3.42. The number of amides is 1. The standard InChI is InChI=1S/C21H21F3N4O2/c1-10-4-5-14(8-11(10)2)18-26-20(30)17-16(21(22,23)24)15(9-28(17)27-18)19(29)25-12(3)13-6-7-13/h4-5,8-9,12-13H,6-7H2,1-3H3,(H,25,29)(H,26,27,30)/t12-/m1/s1. The molecular formula is C21H21F3N4O2. The average molecular weight is 418 g/mol. The monoisotopic (exact) mass is 418 g/mol. The van der Waals surface area contributed by atoms with Crippen LogP contribution < -0.4 is 10.9 Å². The third kappa shape index (κ3) is 3.59. The second-order valence-corrected chi connectivity index (χ2v) is 7.91. The van der Waals surface area contributed by atoms with Crippen molar-refractivity contribution in [3.63, 3.8) is 0 Å². The fourth-order valence-corrected chi connectivity index (χ4v) is 3.57. The highest BCUT2D eigenvalue weighted by atomic mass is 19.4. The lowest BCUT2D eigenvalue weighted by Gasteiger charge is -2.13. The SMILES string of the molecule is Cc1ccc(-c2nn3cc(C(=O)N[C@H](C)C4CC4)c(C(F)(F)F)c3c(=O)[nH]2)cc1C. The molecule has 0 bridgehead atoms. The first kappa shape index (κ1) is 20.2. The Morgan fingerprint density at radius 2 is 1.97 bits per heavy atom. The Morgan fingerprint density at radius 3 is 2.57 bits per heavy atom. The molecule has 4 rings (SSSR count). The minimum Gasteiger partial charge on any atom is -0.349 e. The quantitative estimate of drug-likeness (QED) is 0.676. The van der Waals surface area contributed by atoms with Crippen molar-refractivity contribution in [2.24, 2.45) is 5.92 Å². The van der Waals surface area contributed by atoms with E-state index in [1.807, 2.05) is 19.9 Å². The van der Waals surface area contributed by atoms with Crippen molar-refractivity contribution in [3.8, 4) is 11.4 Å². The van der Waals surface area contributed by atoms with Gasteiger partial charge in [0.25, 0.3) is 11.5 Å². The van der Waals surface area contributed by atoms with Crippen molar-refractivity contribution in [2.75, 3.05) is 0 Å². The van der Waals surface area contributed by atoms with Gasteiger partial charge in [0.05, 0.1) is 5.56 Å². The number of alkyl halides is 3. The van der Waals surface area contributed by atoms with Gasteiger partial charge in [0.15, 0.2) is 5.82 Å². The van der Waals surface area contributed by atoms with Crippen LogP contribution in [0.5, 0.6) is 0 Å². The van der Waals surface area contributed by atoms with E-state index in [0.29, 0.717) is 5.56 Å². The van der Waals surface area contributed by atoms with Crippen molar-refractivity contribution in [3.05, 3.63) is 57.0 Å². The van der Waals surface area contributed by atoms with Gasteiger partial charge in [-0.3, -0.25) is 9.59 Å². The van der Waals surface area contributed by atoms with Crippen LogP contribution in [0, 0.1) is 19.8 Å². The maximum absolute atomic E-state index is 13.8. The van der Waals surface area contributed by atoms with Crippen molar-refractivity contribution in [1.29, 1.82) is 0 Å². The number of aryl methyl sites for hydroxylation is 2. The molecule has 0 unspecified atom stereocenters. The van der Waals surface area contributed by atoms with E-state index in [-0.39, 0.29) is 17.8 Å². The third-order valence-corrected chi connectivity index (χ3v) is 5.64. The Balaban J connectivity index is 1.86. The highest BCUT2D eigenvalue weighted by Gasteiger charge is 2.41. The number of aromatic amines is 1. The van der Waals surface area contributed by atoms with Gasteiger partial charge in [-0.05, 0) is 56.7 Å². The lowest BCUT2D eigenvalue weighted by atomic mass is 10.1. The molecule has 158 valence electrons. The number of hydrogen-bond acceptors (Lipinski definition) is 3. The van der Waals surface area contributed by atoms with E-state index in [9.17, 15) is 22.8 Å². The second-order valence-electron chi connectivity index (χ2n) is 7.91. The molecule has 2 aromatic heterocycles. The summed E-state index contributed by atoms with van der Waals surface area (Å²) in [6, 6.07) is 5.12. The minimum absolute atomic E-state index is 0.123. The molecule has 0 saturated heterocycles. The largest absolute Gasteiger partial charge is 0.419 e. The van der Waals surface area contributed by atoms with Crippen LogP contribution >= 0.6 is 0 Å². The molecule has 1 atom stereocenters. The van der Waals surface area contributed by atoms with Gasteiger partial charge in [0.1, 0.15) is 11.1 Å². The number of fused-ring (bicyclic) bond motifs is 1. The molecule has 1 saturated carbocycles. The first-order valence-electron chi connectivity index (χ1n) is 9.67. The third-order valence-electron chi connectivity index (χ3n) is 5.64. The summed E-state index contributed by atoms with van der Waals surface area (Å²) in [5, 5.41) is 6.78. The van der Waals surface area contributed by atoms with E-state index in [4.69, 9.17) is 0 Å². The van der Waals surface area contributed by atoms with Crippen LogP contribution in [0.2, 0.25) is 0 Å². The van der Waals surface area contributed by atoms with Crippen molar-refractivity contribution in [1.82, 2.24) is 19.9 Å². The van der Waals surface area contributed by atoms with E-state index in [0.717, 1.165) is 34.7 Å². The Bertz CT molecular complexity index is 1210. The van der Waals surface area contributed by atoms with Gasteiger partial charge < -0.3 is 10.3 Å². The van der Waals surface area contributed by atoms with Gasteiger partial charge in [-0.1, -0.05) is 12.1 Å². The number of carbonyl (C=O) groups excluding carboxylic acids is 1. The number of nitrogens with one attached hydrogen (secondary N) is 2. The van der Waals surface area contributed by atoms with Crippen molar-refractivity contribution < 1.29 is 18.0 Å².